The Morgan fingerprint density at radius 3 is 2.25 bits per heavy atom. The maximum atomic E-state index is 12.7. The van der Waals surface area contributed by atoms with Crippen molar-refractivity contribution in [2.75, 3.05) is 36.4 Å². The Morgan fingerprint density at radius 1 is 0.893 bits per heavy atom. The molecule has 0 atom stereocenters. The van der Waals surface area contributed by atoms with Crippen LogP contribution >= 0.6 is 0 Å². The van der Waals surface area contributed by atoms with Crippen molar-refractivity contribution in [1.29, 1.82) is 0 Å². The summed E-state index contributed by atoms with van der Waals surface area (Å²) in [5, 5.41) is 3.20. The number of nitrogens with zero attached hydrogens (tertiary/aromatic N) is 4. The highest BCUT2D eigenvalue weighted by Gasteiger charge is 2.23. The molecule has 1 aliphatic heterocycles. The van der Waals surface area contributed by atoms with Crippen LogP contribution in [0.3, 0.4) is 0 Å². The molecule has 0 aliphatic carbocycles. The number of rotatable bonds is 4. The number of carbonyl (C=O) groups is 1. The average molecular weight is 373 g/mol. The Kier molecular flexibility index (Phi) is 5.19. The quantitative estimate of drug-likeness (QED) is 0.759. The van der Waals surface area contributed by atoms with Gasteiger partial charge in [0.25, 0.3) is 5.91 Å². The Morgan fingerprint density at radius 2 is 1.61 bits per heavy atom. The van der Waals surface area contributed by atoms with Crippen LogP contribution < -0.4 is 10.2 Å². The van der Waals surface area contributed by atoms with Crippen molar-refractivity contribution in [3.8, 4) is 0 Å². The summed E-state index contributed by atoms with van der Waals surface area (Å²) in [6.45, 7) is 5.04. The van der Waals surface area contributed by atoms with E-state index in [2.05, 4.69) is 32.3 Å². The first kappa shape index (κ1) is 18.0. The van der Waals surface area contributed by atoms with Gasteiger partial charge in [-0.3, -0.25) is 4.79 Å². The largest absolute Gasteiger partial charge is 0.368 e. The molecular formula is C22H23N5O. The number of hydrogen-bond donors (Lipinski definition) is 1. The van der Waals surface area contributed by atoms with Gasteiger partial charge in [-0.25, -0.2) is 9.97 Å². The minimum atomic E-state index is -0.0675. The lowest BCUT2D eigenvalue weighted by molar-refractivity contribution is 0.0740. The van der Waals surface area contributed by atoms with Gasteiger partial charge in [-0.1, -0.05) is 35.9 Å². The minimum absolute atomic E-state index is 0.0675. The summed E-state index contributed by atoms with van der Waals surface area (Å²) >= 11 is 0. The molecule has 4 rings (SSSR count). The molecule has 3 aromatic rings. The first-order valence-electron chi connectivity index (χ1n) is 9.44. The van der Waals surface area contributed by atoms with Crippen molar-refractivity contribution >= 4 is 23.1 Å². The van der Waals surface area contributed by atoms with Gasteiger partial charge in [0.1, 0.15) is 11.5 Å². The van der Waals surface area contributed by atoms with Gasteiger partial charge in [0.05, 0.1) is 12.4 Å². The third kappa shape index (κ3) is 4.11. The molecule has 142 valence electrons. The van der Waals surface area contributed by atoms with E-state index in [1.165, 1.54) is 11.3 Å². The van der Waals surface area contributed by atoms with E-state index in [9.17, 15) is 4.79 Å². The number of piperazine rings is 1. The summed E-state index contributed by atoms with van der Waals surface area (Å²) < 4.78 is 0. The molecule has 1 aromatic heterocycles. The lowest BCUT2D eigenvalue weighted by atomic mass is 10.2. The number of hydrogen-bond acceptors (Lipinski definition) is 5. The van der Waals surface area contributed by atoms with E-state index >= 15 is 0 Å². The predicted octanol–water partition coefficient (Wildman–Crippen LogP) is 3.49. The van der Waals surface area contributed by atoms with Crippen LogP contribution in [0, 0.1) is 6.92 Å². The molecule has 1 aliphatic rings. The Labute approximate surface area is 164 Å². The lowest BCUT2D eigenvalue weighted by Gasteiger charge is -2.35. The summed E-state index contributed by atoms with van der Waals surface area (Å²) in [5.41, 5.74) is 3.71. The fourth-order valence-corrected chi connectivity index (χ4v) is 3.26. The standard InChI is InChI=1S/C22H23N5O/c1-17-7-9-18(10-8-17)25-21-16-23-20(15-24-21)22(28)27-13-11-26(12-14-27)19-5-3-2-4-6-19/h2-10,15-16H,11-14H2,1H3,(H,24,25). The van der Waals surface area contributed by atoms with Crippen LogP contribution in [0.25, 0.3) is 0 Å². The van der Waals surface area contributed by atoms with Gasteiger partial charge in [0.2, 0.25) is 0 Å². The number of para-hydroxylation sites is 1. The molecule has 1 N–H and O–H groups in total. The summed E-state index contributed by atoms with van der Waals surface area (Å²) in [6.07, 6.45) is 3.15. The van der Waals surface area contributed by atoms with Crippen molar-refractivity contribution in [3.05, 3.63) is 78.2 Å². The van der Waals surface area contributed by atoms with Crippen molar-refractivity contribution in [3.63, 3.8) is 0 Å². The molecule has 1 amide bonds. The van der Waals surface area contributed by atoms with Gasteiger partial charge in [0.15, 0.2) is 0 Å². The topological polar surface area (TPSA) is 61.4 Å². The lowest BCUT2D eigenvalue weighted by Crippen LogP contribution is -2.49. The van der Waals surface area contributed by atoms with Crippen molar-refractivity contribution in [2.45, 2.75) is 6.92 Å². The summed E-state index contributed by atoms with van der Waals surface area (Å²) in [6, 6.07) is 18.3. The second-order valence-electron chi connectivity index (χ2n) is 6.89. The summed E-state index contributed by atoms with van der Waals surface area (Å²) in [5.74, 6) is 0.552. The average Bonchev–Trinajstić information content (AvgIpc) is 2.76. The fraction of sp³-hybridized carbons (Fsp3) is 0.227. The van der Waals surface area contributed by atoms with E-state index in [-0.39, 0.29) is 5.91 Å². The Bertz CT molecular complexity index is 917. The molecule has 0 radical (unpaired) electrons. The first-order chi connectivity index (χ1) is 13.7. The van der Waals surface area contributed by atoms with E-state index in [1.54, 1.807) is 12.4 Å². The van der Waals surface area contributed by atoms with Crippen LogP contribution in [-0.4, -0.2) is 47.0 Å². The third-order valence-corrected chi connectivity index (χ3v) is 4.88. The van der Waals surface area contributed by atoms with Crippen LogP contribution in [0.15, 0.2) is 67.0 Å². The van der Waals surface area contributed by atoms with Crippen LogP contribution in [-0.2, 0) is 0 Å². The SMILES string of the molecule is Cc1ccc(Nc2cnc(C(=O)N3CCN(c4ccccc4)CC3)cn2)cc1. The van der Waals surface area contributed by atoms with Crippen molar-refractivity contribution in [1.82, 2.24) is 14.9 Å². The molecule has 1 fully saturated rings. The third-order valence-electron chi connectivity index (χ3n) is 4.88. The van der Waals surface area contributed by atoms with E-state index in [1.807, 2.05) is 54.3 Å². The summed E-state index contributed by atoms with van der Waals surface area (Å²) in [7, 11) is 0. The molecule has 0 saturated carbocycles. The number of aromatic nitrogens is 2. The number of amides is 1. The molecule has 6 nitrogen and oxygen atoms in total. The molecular weight excluding hydrogens is 350 g/mol. The van der Waals surface area contributed by atoms with Crippen molar-refractivity contribution < 1.29 is 4.79 Å². The number of benzene rings is 2. The smallest absolute Gasteiger partial charge is 0.274 e. The van der Waals surface area contributed by atoms with Gasteiger partial charge in [0, 0.05) is 37.6 Å². The van der Waals surface area contributed by atoms with E-state index in [0.717, 1.165) is 18.8 Å². The predicted molar refractivity (Wildman–Crippen MR) is 111 cm³/mol. The molecule has 0 unspecified atom stereocenters. The van der Waals surface area contributed by atoms with Gasteiger partial charge < -0.3 is 15.1 Å². The zero-order valence-corrected chi connectivity index (χ0v) is 15.9. The molecule has 1 saturated heterocycles. The maximum absolute atomic E-state index is 12.7. The maximum Gasteiger partial charge on any atom is 0.274 e. The molecule has 0 bridgehead atoms. The van der Waals surface area contributed by atoms with E-state index in [0.29, 0.717) is 24.6 Å². The first-order valence-corrected chi connectivity index (χ1v) is 9.44. The molecule has 0 spiro atoms. The number of nitrogens with one attached hydrogen (secondary N) is 1. The van der Waals surface area contributed by atoms with Crippen LogP contribution in [0.4, 0.5) is 17.2 Å². The van der Waals surface area contributed by atoms with Gasteiger partial charge in [-0.2, -0.15) is 0 Å². The zero-order chi connectivity index (χ0) is 19.3. The monoisotopic (exact) mass is 373 g/mol. The fourth-order valence-electron chi connectivity index (χ4n) is 3.26. The second-order valence-corrected chi connectivity index (χ2v) is 6.89. The van der Waals surface area contributed by atoms with Gasteiger partial charge in [-0.15, -0.1) is 0 Å². The summed E-state index contributed by atoms with van der Waals surface area (Å²) in [4.78, 5) is 25.5. The molecule has 2 heterocycles. The van der Waals surface area contributed by atoms with Crippen LogP contribution in [0.5, 0.6) is 0 Å². The van der Waals surface area contributed by atoms with Gasteiger partial charge >= 0.3 is 0 Å². The van der Waals surface area contributed by atoms with Crippen molar-refractivity contribution in [2.24, 2.45) is 0 Å². The second kappa shape index (κ2) is 8.08. The number of carbonyl (C=O) groups excluding carboxylic acids is 1. The number of anilines is 3. The van der Waals surface area contributed by atoms with E-state index < -0.39 is 0 Å². The van der Waals surface area contributed by atoms with Crippen LogP contribution in [0.2, 0.25) is 0 Å². The van der Waals surface area contributed by atoms with E-state index in [4.69, 9.17) is 0 Å². The highest BCUT2D eigenvalue weighted by molar-refractivity contribution is 5.92. The Balaban J connectivity index is 1.35. The normalized spacial score (nSPS) is 14.0. The molecule has 28 heavy (non-hydrogen) atoms. The highest BCUT2D eigenvalue weighted by Crippen LogP contribution is 2.17. The van der Waals surface area contributed by atoms with Crippen LogP contribution in [0.1, 0.15) is 16.1 Å². The highest BCUT2D eigenvalue weighted by atomic mass is 16.2. The molecule has 6 heteroatoms. The Hall–Kier alpha value is -3.41. The molecule has 2 aromatic carbocycles. The minimum Gasteiger partial charge on any atom is -0.368 e. The number of aryl methyl sites for hydroxylation is 1. The zero-order valence-electron chi connectivity index (χ0n) is 15.9. The van der Waals surface area contributed by atoms with Gasteiger partial charge in [-0.05, 0) is 31.2 Å².